The van der Waals surface area contributed by atoms with Gasteiger partial charge in [-0.2, -0.15) is 0 Å². The van der Waals surface area contributed by atoms with Crippen molar-refractivity contribution in [1.82, 2.24) is 14.7 Å². The van der Waals surface area contributed by atoms with Crippen LogP contribution < -0.4 is 0 Å². The lowest BCUT2D eigenvalue weighted by Crippen LogP contribution is -2.53. The lowest BCUT2D eigenvalue weighted by molar-refractivity contribution is -0.145. The Bertz CT molecular complexity index is 432. The fourth-order valence-electron chi connectivity index (χ4n) is 3.15. The molecule has 0 spiro atoms. The van der Waals surface area contributed by atoms with Gasteiger partial charge in [0.05, 0.1) is 6.54 Å². The molecule has 2 atom stereocenters. The summed E-state index contributed by atoms with van der Waals surface area (Å²) in [5, 5.41) is 9.26. The van der Waals surface area contributed by atoms with E-state index in [1.807, 2.05) is 6.92 Å². The highest BCUT2D eigenvalue weighted by Crippen LogP contribution is 2.24. The first-order valence-electron chi connectivity index (χ1n) is 7.40. The molecule has 0 saturated carbocycles. The van der Waals surface area contributed by atoms with Crippen molar-refractivity contribution in [3.05, 3.63) is 0 Å². The second kappa shape index (κ2) is 6.43. The van der Waals surface area contributed by atoms with Gasteiger partial charge in [0, 0.05) is 33.1 Å². The third-order valence-electron chi connectivity index (χ3n) is 4.47. The average Bonchev–Trinajstić information content (AvgIpc) is 2.79. The Morgan fingerprint density at radius 1 is 1.05 bits per heavy atom. The number of carboxylic acid groups (broad SMARTS) is 1. The number of hydrogen-bond acceptors (Lipinski definition) is 4. The number of carboxylic acids is 1. The Balaban J connectivity index is 1.88. The highest BCUT2D eigenvalue weighted by atomic mass is 16.4. The summed E-state index contributed by atoms with van der Waals surface area (Å²) >= 11 is 0. The Morgan fingerprint density at radius 2 is 1.62 bits per heavy atom. The molecule has 2 rings (SSSR count). The van der Waals surface area contributed by atoms with Crippen LogP contribution >= 0.6 is 0 Å². The molecule has 2 heterocycles. The van der Waals surface area contributed by atoms with Crippen molar-refractivity contribution in [2.24, 2.45) is 5.92 Å². The summed E-state index contributed by atoms with van der Waals surface area (Å²) in [6.07, 6.45) is 0.808. The summed E-state index contributed by atoms with van der Waals surface area (Å²) in [6.45, 7) is 6.41. The van der Waals surface area contributed by atoms with Crippen LogP contribution in [0.4, 0.5) is 0 Å². The number of carbonyl (C=O) groups excluding carboxylic acids is 2. The highest BCUT2D eigenvalue weighted by Gasteiger charge is 2.38. The van der Waals surface area contributed by atoms with E-state index in [9.17, 15) is 19.5 Å². The molecule has 2 amide bonds. The molecule has 118 valence electrons. The van der Waals surface area contributed by atoms with Gasteiger partial charge in [0.25, 0.3) is 0 Å². The summed E-state index contributed by atoms with van der Waals surface area (Å²) in [7, 11) is 0. The van der Waals surface area contributed by atoms with E-state index in [-0.39, 0.29) is 24.3 Å². The van der Waals surface area contributed by atoms with Crippen molar-refractivity contribution in [1.29, 1.82) is 0 Å². The molecule has 2 fully saturated rings. The molecule has 2 unspecified atom stereocenters. The van der Waals surface area contributed by atoms with Crippen LogP contribution in [0.3, 0.4) is 0 Å². The molecule has 21 heavy (non-hydrogen) atoms. The minimum Gasteiger partial charge on any atom is -0.480 e. The SMILES string of the molecule is CC(=O)N1CCN(C(=O)CN2CCC(C)C2C(=O)O)CC1. The number of piperazine rings is 1. The molecule has 1 N–H and O–H groups in total. The van der Waals surface area contributed by atoms with Crippen molar-refractivity contribution in [3.63, 3.8) is 0 Å². The zero-order valence-corrected chi connectivity index (χ0v) is 12.6. The van der Waals surface area contributed by atoms with Crippen molar-refractivity contribution < 1.29 is 19.5 Å². The Hall–Kier alpha value is -1.63. The highest BCUT2D eigenvalue weighted by molar-refractivity contribution is 5.81. The van der Waals surface area contributed by atoms with Gasteiger partial charge in [0.2, 0.25) is 11.8 Å². The summed E-state index contributed by atoms with van der Waals surface area (Å²) in [5.41, 5.74) is 0. The number of likely N-dealkylation sites (tertiary alicyclic amines) is 1. The Labute approximate surface area is 124 Å². The van der Waals surface area contributed by atoms with Gasteiger partial charge in [-0.25, -0.2) is 0 Å². The summed E-state index contributed by atoms with van der Waals surface area (Å²) in [5.74, 6) is -0.793. The maximum absolute atomic E-state index is 12.3. The second-order valence-electron chi connectivity index (χ2n) is 5.91. The van der Waals surface area contributed by atoms with Gasteiger partial charge >= 0.3 is 5.97 Å². The number of aliphatic carboxylic acids is 1. The average molecular weight is 297 g/mol. The van der Waals surface area contributed by atoms with Crippen LogP contribution in [0.25, 0.3) is 0 Å². The minimum atomic E-state index is -0.853. The summed E-state index contributed by atoms with van der Waals surface area (Å²) in [4.78, 5) is 40.0. The summed E-state index contributed by atoms with van der Waals surface area (Å²) < 4.78 is 0. The zero-order valence-electron chi connectivity index (χ0n) is 12.6. The van der Waals surface area contributed by atoms with E-state index in [0.717, 1.165) is 6.42 Å². The van der Waals surface area contributed by atoms with Crippen LogP contribution in [0.15, 0.2) is 0 Å². The van der Waals surface area contributed by atoms with E-state index in [1.165, 1.54) is 6.92 Å². The number of rotatable bonds is 3. The monoisotopic (exact) mass is 297 g/mol. The van der Waals surface area contributed by atoms with E-state index in [0.29, 0.717) is 32.7 Å². The quantitative estimate of drug-likeness (QED) is 0.757. The molecule has 0 bridgehead atoms. The van der Waals surface area contributed by atoms with E-state index in [4.69, 9.17) is 0 Å². The van der Waals surface area contributed by atoms with Crippen LogP contribution in [-0.2, 0) is 14.4 Å². The lowest BCUT2D eigenvalue weighted by atomic mass is 10.0. The van der Waals surface area contributed by atoms with E-state index >= 15 is 0 Å². The van der Waals surface area contributed by atoms with Crippen molar-refractivity contribution in [2.45, 2.75) is 26.3 Å². The molecular weight excluding hydrogens is 274 g/mol. The second-order valence-corrected chi connectivity index (χ2v) is 5.91. The standard InChI is InChI=1S/C14H23N3O4/c1-10-3-4-17(13(10)14(20)21)9-12(19)16-7-5-15(6-8-16)11(2)18/h10,13H,3-9H2,1-2H3,(H,20,21). The third-order valence-corrected chi connectivity index (χ3v) is 4.47. The van der Waals surface area contributed by atoms with Crippen molar-refractivity contribution in [2.75, 3.05) is 39.3 Å². The third kappa shape index (κ3) is 3.53. The predicted octanol–water partition coefficient (Wildman–Crippen LogP) is -0.528. The molecule has 0 radical (unpaired) electrons. The smallest absolute Gasteiger partial charge is 0.321 e. The molecule has 2 saturated heterocycles. The van der Waals surface area contributed by atoms with Crippen LogP contribution in [0.1, 0.15) is 20.3 Å². The molecule has 7 nitrogen and oxygen atoms in total. The molecule has 0 aliphatic carbocycles. The van der Waals surface area contributed by atoms with Gasteiger partial charge in [0.1, 0.15) is 6.04 Å². The van der Waals surface area contributed by atoms with Gasteiger partial charge in [-0.15, -0.1) is 0 Å². The van der Waals surface area contributed by atoms with Crippen molar-refractivity contribution >= 4 is 17.8 Å². The topological polar surface area (TPSA) is 81.2 Å². The Morgan fingerprint density at radius 3 is 2.14 bits per heavy atom. The summed E-state index contributed by atoms with van der Waals surface area (Å²) in [6, 6.07) is -0.563. The van der Waals surface area contributed by atoms with Crippen LogP contribution in [0.5, 0.6) is 0 Å². The molecule has 7 heteroatoms. The maximum atomic E-state index is 12.3. The molecule has 0 aromatic heterocycles. The van der Waals surface area contributed by atoms with E-state index in [2.05, 4.69) is 0 Å². The number of hydrogen-bond donors (Lipinski definition) is 1. The molecular formula is C14H23N3O4. The van der Waals surface area contributed by atoms with E-state index in [1.54, 1.807) is 14.7 Å². The number of carbonyl (C=O) groups is 3. The van der Waals surface area contributed by atoms with Crippen LogP contribution in [-0.4, -0.2) is 82.9 Å². The molecule has 0 aromatic carbocycles. The first-order valence-corrected chi connectivity index (χ1v) is 7.40. The minimum absolute atomic E-state index is 0.0291. The van der Waals surface area contributed by atoms with Gasteiger partial charge in [-0.05, 0) is 18.9 Å². The molecule has 2 aliphatic heterocycles. The van der Waals surface area contributed by atoms with Crippen molar-refractivity contribution in [3.8, 4) is 0 Å². The van der Waals surface area contributed by atoms with Gasteiger partial charge < -0.3 is 14.9 Å². The van der Waals surface area contributed by atoms with Gasteiger partial charge in [-0.1, -0.05) is 6.92 Å². The maximum Gasteiger partial charge on any atom is 0.321 e. The van der Waals surface area contributed by atoms with Gasteiger partial charge in [0.15, 0.2) is 0 Å². The number of nitrogens with zero attached hydrogens (tertiary/aromatic N) is 3. The van der Waals surface area contributed by atoms with Gasteiger partial charge in [-0.3, -0.25) is 19.3 Å². The zero-order chi connectivity index (χ0) is 15.6. The van der Waals surface area contributed by atoms with Crippen LogP contribution in [0.2, 0.25) is 0 Å². The normalized spacial score (nSPS) is 27.0. The largest absolute Gasteiger partial charge is 0.480 e. The molecule has 2 aliphatic rings. The predicted molar refractivity (Wildman–Crippen MR) is 75.6 cm³/mol. The molecule has 0 aromatic rings. The van der Waals surface area contributed by atoms with Crippen LogP contribution in [0, 0.1) is 5.92 Å². The lowest BCUT2D eigenvalue weighted by Gasteiger charge is -2.35. The van der Waals surface area contributed by atoms with E-state index < -0.39 is 12.0 Å². The fourth-order valence-corrected chi connectivity index (χ4v) is 3.15. The Kier molecular flexibility index (Phi) is 4.82. The fraction of sp³-hybridized carbons (Fsp3) is 0.786. The first-order chi connectivity index (χ1) is 9.90. The first kappa shape index (κ1) is 15.8. The number of amides is 2.